The second kappa shape index (κ2) is 9.64. The van der Waals surface area contributed by atoms with Crippen molar-refractivity contribution >= 4 is 5.78 Å². The molecule has 0 spiro atoms. The molecule has 1 aromatic rings. The Morgan fingerprint density at radius 3 is 2.33 bits per heavy atom. The molecule has 1 aromatic carbocycles. The molecule has 0 amide bonds. The normalized spacial score (nSPS) is 39.5. The van der Waals surface area contributed by atoms with Crippen LogP contribution in [0.3, 0.4) is 0 Å². The van der Waals surface area contributed by atoms with Gasteiger partial charge in [-0.2, -0.15) is 0 Å². The Labute approximate surface area is 172 Å². The van der Waals surface area contributed by atoms with Gasteiger partial charge in [-0.05, 0) is 19.1 Å². The monoisotopic (exact) mass is 430 g/mol. The Hall–Kier alpha value is -1.67. The Morgan fingerprint density at radius 2 is 1.63 bits per heavy atom. The van der Waals surface area contributed by atoms with Gasteiger partial charge in [-0.15, -0.1) is 0 Å². The van der Waals surface area contributed by atoms with Crippen LogP contribution in [0.5, 0.6) is 5.75 Å². The van der Waals surface area contributed by atoms with Crippen molar-refractivity contribution in [2.24, 2.45) is 0 Å². The number of hydrogen-bond donors (Lipinski definition) is 6. The summed E-state index contributed by atoms with van der Waals surface area (Å²) in [7, 11) is 0. The summed E-state index contributed by atoms with van der Waals surface area (Å²) in [6.07, 6.45) is -13.0. The van der Waals surface area contributed by atoms with Gasteiger partial charge < -0.3 is 49.6 Å². The summed E-state index contributed by atoms with van der Waals surface area (Å²) in [6.45, 7) is 0.673. The fourth-order valence-electron chi connectivity index (χ4n) is 3.25. The lowest BCUT2D eigenvalue weighted by Gasteiger charge is -2.41. The summed E-state index contributed by atoms with van der Waals surface area (Å²) >= 11 is 0. The van der Waals surface area contributed by atoms with E-state index in [2.05, 4.69) is 0 Å². The van der Waals surface area contributed by atoms with Gasteiger partial charge in [-0.3, -0.25) is 4.79 Å². The Kier molecular flexibility index (Phi) is 7.39. The van der Waals surface area contributed by atoms with Gasteiger partial charge in [0.05, 0.1) is 18.8 Å². The fourth-order valence-corrected chi connectivity index (χ4v) is 3.25. The van der Waals surface area contributed by atoms with Crippen molar-refractivity contribution in [1.29, 1.82) is 0 Å². The lowest BCUT2D eigenvalue weighted by Crippen LogP contribution is -2.61. The van der Waals surface area contributed by atoms with Gasteiger partial charge in [-0.1, -0.05) is 12.1 Å². The number of ether oxygens (including phenoxy) is 4. The van der Waals surface area contributed by atoms with Crippen molar-refractivity contribution in [2.75, 3.05) is 13.2 Å². The van der Waals surface area contributed by atoms with Gasteiger partial charge in [0, 0.05) is 0 Å². The largest absolute Gasteiger partial charge is 0.461 e. The molecule has 0 bridgehead atoms. The third kappa shape index (κ3) is 4.80. The molecule has 2 aliphatic rings. The van der Waals surface area contributed by atoms with E-state index in [0.29, 0.717) is 0 Å². The Bertz CT molecular complexity index is 728. The quantitative estimate of drug-likeness (QED) is 0.264. The molecule has 0 aliphatic carbocycles. The molecular formula is C19H26O11. The van der Waals surface area contributed by atoms with Crippen LogP contribution < -0.4 is 4.74 Å². The molecule has 0 unspecified atom stereocenters. The standard InChI is InChI=1S/C19H26O11/c1-8(20)9-4-2-3-5-11(9)29-19-17(26)15(24)14(23)12(30-19)7-28-18-16(25)13(22)10(21)6-27-18/h2-5,10,12-19,21-26H,6-7H2,1H3/t10-,12-,13+,14-,15+,16-,17-,18+,19-/m1/s1. The first kappa shape index (κ1) is 23.0. The highest BCUT2D eigenvalue weighted by Crippen LogP contribution is 2.27. The van der Waals surface area contributed by atoms with E-state index in [4.69, 9.17) is 18.9 Å². The smallest absolute Gasteiger partial charge is 0.229 e. The van der Waals surface area contributed by atoms with Crippen LogP contribution in [0.4, 0.5) is 0 Å². The summed E-state index contributed by atoms with van der Waals surface area (Å²) in [4.78, 5) is 11.8. The number of hydrogen-bond acceptors (Lipinski definition) is 11. The molecule has 2 saturated heterocycles. The number of carbonyl (C=O) groups excluding carboxylic acids is 1. The van der Waals surface area contributed by atoms with E-state index in [1.165, 1.54) is 19.1 Å². The van der Waals surface area contributed by atoms with Crippen LogP contribution in [0.1, 0.15) is 17.3 Å². The fraction of sp³-hybridized carbons (Fsp3) is 0.632. The van der Waals surface area contributed by atoms with Crippen molar-refractivity contribution < 1.29 is 54.4 Å². The van der Waals surface area contributed by atoms with Crippen LogP contribution in [-0.4, -0.2) is 105 Å². The van der Waals surface area contributed by atoms with E-state index in [9.17, 15) is 35.4 Å². The number of ketones is 1. The highest BCUT2D eigenvalue weighted by Gasteiger charge is 2.46. The first-order valence-corrected chi connectivity index (χ1v) is 9.44. The number of Topliss-reactive ketones (excluding diaryl/α,β-unsaturated/α-hetero) is 1. The zero-order chi connectivity index (χ0) is 22.0. The topological polar surface area (TPSA) is 175 Å². The van der Waals surface area contributed by atoms with Gasteiger partial charge >= 0.3 is 0 Å². The lowest BCUT2D eigenvalue weighted by atomic mass is 9.99. The van der Waals surface area contributed by atoms with E-state index >= 15 is 0 Å². The molecule has 2 aliphatic heterocycles. The summed E-state index contributed by atoms with van der Waals surface area (Å²) in [6, 6.07) is 6.27. The van der Waals surface area contributed by atoms with Crippen LogP contribution in [0.2, 0.25) is 0 Å². The van der Waals surface area contributed by atoms with E-state index in [1.807, 2.05) is 0 Å². The molecule has 0 radical (unpaired) electrons. The van der Waals surface area contributed by atoms with Crippen molar-refractivity contribution in [3.05, 3.63) is 29.8 Å². The summed E-state index contributed by atoms with van der Waals surface area (Å²) in [5, 5.41) is 59.7. The van der Waals surface area contributed by atoms with E-state index in [-0.39, 0.29) is 23.7 Å². The van der Waals surface area contributed by atoms with Crippen LogP contribution in [0.15, 0.2) is 24.3 Å². The van der Waals surface area contributed by atoms with Gasteiger partial charge in [-0.25, -0.2) is 0 Å². The minimum atomic E-state index is -1.65. The van der Waals surface area contributed by atoms with Crippen LogP contribution in [-0.2, 0) is 14.2 Å². The summed E-state index contributed by atoms with van der Waals surface area (Å²) < 4.78 is 21.6. The number of carbonyl (C=O) groups is 1. The van der Waals surface area contributed by atoms with Gasteiger partial charge in [0.25, 0.3) is 0 Å². The second-order valence-electron chi connectivity index (χ2n) is 7.27. The highest BCUT2D eigenvalue weighted by molar-refractivity contribution is 5.96. The van der Waals surface area contributed by atoms with E-state index < -0.39 is 61.9 Å². The molecule has 2 heterocycles. The third-order valence-electron chi connectivity index (χ3n) is 5.06. The van der Waals surface area contributed by atoms with Gasteiger partial charge in [0.2, 0.25) is 6.29 Å². The second-order valence-corrected chi connectivity index (χ2v) is 7.27. The maximum absolute atomic E-state index is 11.8. The summed E-state index contributed by atoms with van der Waals surface area (Å²) in [5.74, 6) is -0.152. The van der Waals surface area contributed by atoms with Crippen LogP contribution in [0.25, 0.3) is 0 Å². The molecule has 0 saturated carbocycles. The predicted molar refractivity (Wildman–Crippen MR) is 97.5 cm³/mol. The van der Waals surface area contributed by atoms with Crippen molar-refractivity contribution in [1.82, 2.24) is 0 Å². The maximum atomic E-state index is 11.8. The van der Waals surface area contributed by atoms with E-state index in [1.54, 1.807) is 12.1 Å². The SMILES string of the molecule is CC(=O)c1ccccc1O[C@@H]1O[C@H](CO[C@@H]2OC[C@@H](O)[C@H](O)[C@H]2O)[C@@H](O)[C@H](O)[C@H]1O. The van der Waals surface area contributed by atoms with Gasteiger partial charge in [0.15, 0.2) is 12.1 Å². The first-order chi connectivity index (χ1) is 14.2. The third-order valence-corrected chi connectivity index (χ3v) is 5.06. The minimum Gasteiger partial charge on any atom is -0.461 e. The molecule has 11 nitrogen and oxygen atoms in total. The van der Waals surface area contributed by atoms with Crippen molar-refractivity contribution in [3.63, 3.8) is 0 Å². The number of aliphatic hydroxyl groups excluding tert-OH is 6. The Balaban J connectivity index is 1.67. The van der Waals surface area contributed by atoms with E-state index in [0.717, 1.165) is 0 Å². The average Bonchev–Trinajstić information content (AvgIpc) is 2.73. The number of para-hydroxylation sites is 1. The zero-order valence-electron chi connectivity index (χ0n) is 16.1. The molecule has 30 heavy (non-hydrogen) atoms. The van der Waals surface area contributed by atoms with Crippen molar-refractivity contribution in [2.45, 2.75) is 62.2 Å². The zero-order valence-corrected chi connectivity index (χ0v) is 16.1. The Morgan fingerprint density at radius 1 is 0.967 bits per heavy atom. The minimum absolute atomic E-state index is 0.125. The molecule has 3 rings (SSSR count). The van der Waals surface area contributed by atoms with Crippen molar-refractivity contribution in [3.8, 4) is 5.75 Å². The maximum Gasteiger partial charge on any atom is 0.229 e. The average molecular weight is 430 g/mol. The van der Waals surface area contributed by atoms with Crippen LogP contribution >= 0.6 is 0 Å². The van der Waals surface area contributed by atoms with Crippen LogP contribution in [0, 0.1) is 0 Å². The molecule has 9 atom stereocenters. The molecule has 2 fully saturated rings. The number of rotatable bonds is 6. The lowest BCUT2D eigenvalue weighted by molar-refractivity contribution is -0.307. The van der Waals surface area contributed by atoms with Gasteiger partial charge in [0.1, 0.15) is 48.5 Å². The molecule has 168 valence electrons. The number of benzene rings is 1. The first-order valence-electron chi connectivity index (χ1n) is 9.44. The molecular weight excluding hydrogens is 404 g/mol. The molecule has 11 heteroatoms. The summed E-state index contributed by atoms with van der Waals surface area (Å²) in [5.41, 5.74) is 0.244. The number of aliphatic hydroxyl groups is 6. The highest BCUT2D eigenvalue weighted by atomic mass is 16.7. The molecule has 0 aromatic heterocycles. The predicted octanol–water partition coefficient (Wildman–Crippen LogP) is -2.47. The molecule has 6 N–H and O–H groups in total.